The van der Waals surface area contributed by atoms with Crippen LogP contribution in [-0.4, -0.2) is 30.2 Å². The summed E-state index contributed by atoms with van der Waals surface area (Å²) in [5, 5.41) is 13.3. The van der Waals surface area contributed by atoms with Crippen LogP contribution in [0.4, 0.5) is 9.18 Å². The van der Waals surface area contributed by atoms with Crippen LogP contribution >= 0.6 is 0 Å². The number of carboxylic acids is 1. The number of carbonyl (C=O) groups excluding carboxylic acids is 1. The number of nitrogens with one attached hydrogen (secondary N) is 2. The molecule has 0 aliphatic carbocycles. The van der Waals surface area contributed by atoms with Crippen molar-refractivity contribution in [3.05, 3.63) is 35.6 Å². The lowest BCUT2D eigenvalue weighted by Crippen LogP contribution is -2.37. The van der Waals surface area contributed by atoms with Gasteiger partial charge in [0.05, 0.1) is 6.42 Å². The van der Waals surface area contributed by atoms with Crippen LogP contribution in [0, 0.1) is 5.82 Å². The van der Waals surface area contributed by atoms with E-state index in [2.05, 4.69) is 10.6 Å². The number of carboxylic acid groups (broad SMARTS) is 1. The van der Waals surface area contributed by atoms with Gasteiger partial charge in [-0.25, -0.2) is 9.18 Å². The van der Waals surface area contributed by atoms with Gasteiger partial charge in [-0.1, -0.05) is 12.1 Å². The van der Waals surface area contributed by atoms with E-state index in [1.165, 1.54) is 12.1 Å². The summed E-state index contributed by atoms with van der Waals surface area (Å²) in [6.45, 7) is 0.448. The molecule has 0 saturated heterocycles. The Bertz CT molecular complexity index is 424. The molecule has 98 valence electrons. The summed E-state index contributed by atoms with van der Waals surface area (Å²) in [6.07, 6.45) is 0.404. The second kappa shape index (κ2) is 7.26. The Hall–Kier alpha value is -2.11. The van der Waals surface area contributed by atoms with Crippen molar-refractivity contribution in [3.63, 3.8) is 0 Å². The maximum atomic E-state index is 12.8. The minimum atomic E-state index is -0.963. The molecule has 18 heavy (non-hydrogen) atoms. The smallest absolute Gasteiger partial charge is 0.314 e. The molecule has 6 heteroatoms. The molecular formula is C12H15FN2O3. The number of amides is 2. The van der Waals surface area contributed by atoms with Gasteiger partial charge >= 0.3 is 12.0 Å². The zero-order valence-corrected chi connectivity index (χ0v) is 9.78. The fraction of sp³-hybridized carbons (Fsp3) is 0.333. The predicted molar refractivity (Wildman–Crippen MR) is 63.8 cm³/mol. The zero-order valence-electron chi connectivity index (χ0n) is 9.78. The van der Waals surface area contributed by atoms with Crippen LogP contribution in [0.3, 0.4) is 0 Å². The van der Waals surface area contributed by atoms with Gasteiger partial charge in [0.1, 0.15) is 5.82 Å². The van der Waals surface area contributed by atoms with Crippen LogP contribution in [0.2, 0.25) is 0 Å². The fourth-order valence-electron chi connectivity index (χ4n) is 1.36. The van der Waals surface area contributed by atoms with Crippen molar-refractivity contribution in [3.8, 4) is 0 Å². The Kier molecular flexibility index (Phi) is 5.63. The van der Waals surface area contributed by atoms with E-state index >= 15 is 0 Å². The standard InChI is InChI=1S/C12H15FN2O3/c13-10-3-1-2-9(8-10)4-6-14-12(18)15-7-5-11(16)17/h1-3,8H,4-7H2,(H,16,17)(H2,14,15,18). The third-order valence-electron chi connectivity index (χ3n) is 2.21. The van der Waals surface area contributed by atoms with Crippen LogP contribution in [0.15, 0.2) is 24.3 Å². The summed E-state index contributed by atoms with van der Waals surface area (Å²) < 4.78 is 12.8. The fourth-order valence-corrected chi connectivity index (χ4v) is 1.36. The van der Waals surface area contributed by atoms with E-state index < -0.39 is 12.0 Å². The molecule has 1 aromatic carbocycles. The van der Waals surface area contributed by atoms with Crippen LogP contribution < -0.4 is 10.6 Å². The van der Waals surface area contributed by atoms with Crippen molar-refractivity contribution in [1.82, 2.24) is 10.6 Å². The van der Waals surface area contributed by atoms with Gasteiger partial charge in [-0.05, 0) is 24.1 Å². The molecule has 0 unspecified atom stereocenters. The Morgan fingerprint density at radius 3 is 2.61 bits per heavy atom. The predicted octanol–water partition coefficient (Wildman–Crippen LogP) is 1.14. The van der Waals surface area contributed by atoms with Crippen molar-refractivity contribution in [2.24, 2.45) is 0 Å². The summed E-state index contributed by atoms with van der Waals surface area (Å²) in [5.74, 6) is -1.27. The van der Waals surface area contributed by atoms with Crippen LogP contribution in [-0.2, 0) is 11.2 Å². The Balaban J connectivity index is 2.17. The maximum Gasteiger partial charge on any atom is 0.314 e. The first-order valence-electron chi connectivity index (χ1n) is 5.56. The molecule has 0 spiro atoms. The van der Waals surface area contributed by atoms with E-state index in [9.17, 15) is 14.0 Å². The summed E-state index contributed by atoms with van der Waals surface area (Å²) in [5.41, 5.74) is 0.792. The highest BCUT2D eigenvalue weighted by atomic mass is 19.1. The summed E-state index contributed by atoms with van der Waals surface area (Å²) in [7, 11) is 0. The highest BCUT2D eigenvalue weighted by Gasteiger charge is 2.02. The molecule has 0 aromatic heterocycles. The molecule has 0 atom stereocenters. The van der Waals surface area contributed by atoms with Crippen molar-refractivity contribution in [2.75, 3.05) is 13.1 Å². The average molecular weight is 254 g/mol. The first-order chi connectivity index (χ1) is 8.58. The van der Waals surface area contributed by atoms with Gasteiger partial charge in [-0.2, -0.15) is 0 Å². The second-order valence-electron chi connectivity index (χ2n) is 3.71. The normalized spacial score (nSPS) is 9.83. The van der Waals surface area contributed by atoms with Gasteiger partial charge in [0.15, 0.2) is 0 Å². The number of aliphatic carboxylic acids is 1. The summed E-state index contributed by atoms with van der Waals surface area (Å²) in [4.78, 5) is 21.4. The number of halogens is 1. The monoisotopic (exact) mass is 254 g/mol. The number of carbonyl (C=O) groups is 2. The lowest BCUT2D eigenvalue weighted by atomic mass is 10.1. The first kappa shape index (κ1) is 14.0. The van der Waals surface area contributed by atoms with Crippen molar-refractivity contribution < 1.29 is 19.1 Å². The molecule has 0 aliphatic heterocycles. The van der Waals surface area contributed by atoms with E-state index in [0.29, 0.717) is 13.0 Å². The molecule has 0 aliphatic rings. The third kappa shape index (κ3) is 5.83. The lowest BCUT2D eigenvalue weighted by Gasteiger charge is -2.06. The minimum absolute atomic E-state index is 0.0845. The molecule has 1 rings (SSSR count). The van der Waals surface area contributed by atoms with Crippen molar-refractivity contribution in [1.29, 1.82) is 0 Å². The number of rotatable bonds is 6. The zero-order chi connectivity index (χ0) is 13.4. The highest BCUT2D eigenvalue weighted by Crippen LogP contribution is 2.03. The first-order valence-corrected chi connectivity index (χ1v) is 5.56. The minimum Gasteiger partial charge on any atom is -0.481 e. The molecule has 5 nitrogen and oxygen atoms in total. The van der Waals surface area contributed by atoms with Crippen molar-refractivity contribution >= 4 is 12.0 Å². The van der Waals surface area contributed by atoms with E-state index in [1.54, 1.807) is 12.1 Å². The van der Waals surface area contributed by atoms with Gasteiger partial charge in [-0.3, -0.25) is 4.79 Å². The third-order valence-corrected chi connectivity index (χ3v) is 2.21. The lowest BCUT2D eigenvalue weighted by molar-refractivity contribution is -0.136. The highest BCUT2D eigenvalue weighted by molar-refractivity contribution is 5.74. The van der Waals surface area contributed by atoms with Gasteiger partial charge in [0.25, 0.3) is 0 Å². The summed E-state index contributed by atoms with van der Waals surface area (Å²) in [6, 6.07) is 5.72. The molecule has 3 N–H and O–H groups in total. The molecule has 0 fully saturated rings. The number of hydrogen-bond acceptors (Lipinski definition) is 2. The van der Waals surface area contributed by atoms with Gasteiger partial charge in [-0.15, -0.1) is 0 Å². The molecule has 0 saturated carbocycles. The quantitative estimate of drug-likeness (QED) is 0.712. The largest absolute Gasteiger partial charge is 0.481 e. The maximum absolute atomic E-state index is 12.8. The van der Waals surface area contributed by atoms with E-state index in [-0.39, 0.29) is 18.8 Å². The van der Waals surface area contributed by atoms with E-state index in [1.807, 2.05) is 0 Å². The molecule has 0 radical (unpaired) electrons. The number of hydrogen-bond donors (Lipinski definition) is 3. The molecule has 1 aromatic rings. The van der Waals surface area contributed by atoms with Crippen molar-refractivity contribution in [2.45, 2.75) is 12.8 Å². The van der Waals surface area contributed by atoms with Gasteiger partial charge in [0.2, 0.25) is 0 Å². The topological polar surface area (TPSA) is 78.4 Å². The molecule has 0 heterocycles. The second-order valence-corrected chi connectivity index (χ2v) is 3.71. The molecule has 2 amide bonds. The van der Waals surface area contributed by atoms with E-state index in [0.717, 1.165) is 5.56 Å². The SMILES string of the molecule is O=C(O)CCNC(=O)NCCc1cccc(F)c1. The van der Waals surface area contributed by atoms with Crippen LogP contribution in [0.1, 0.15) is 12.0 Å². The molecule has 0 bridgehead atoms. The summed E-state index contributed by atoms with van der Waals surface area (Å²) >= 11 is 0. The van der Waals surface area contributed by atoms with Gasteiger partial charge < -0.3 is 15.7 Å². The van der Waals surface area contributed by atoms with Crippen LogP contribution in [0.5, 0.6) is 0 Å². The Labute approximate surface area is 104 Å². The number of benzene rings is 1. The Morgan fingerprint density at radius 2 is 1.94 bits per heavy atom. The van der Waals surface area contributed by atoms with E-state index in [4.69, 9.17) is 5.11 Å². The van der Waals surface area contributed by atoms with Crippen LogP contribution in [0.25, 0.3) is 0 Å². The molecular weight excluding hydrogens is 239 g/mol. The average Bonchev–Trinajstić information content (AvgIpc) is 2.28. The Morgan fingerprint density at radius 1 is 1.22 bits per heavy atom. The number of urea groups is 1. The van der Waals surface area contributed by atoms with Gasteiger partial charge in [0, 0.05) is 13.1 Å².